The Hall–Kier alpha value is -0.910. The van der Waals surface area contributed by atoms with Gasteiger partial charge in [0.15, 0.2) is 0 Å². The molecular formula is C13H22N2O3S. The second kappa shape index (κ2) is 5.61. The molecule has 6 heteroatoms. The van der Waals surface area contributed by atoms with Crippen LogP contribution in [-0.4, -0.2) is 63.1 Å². The van der Waals surface area contributed by atoms with E-state index in [1.54, 1.807) is 4.90 Å². The molecule has 0 aromatic heterocycles. The Morgan fingerprint density at radius 2 is 2.00 bits per heavy atom. The molecule has 0 spiro atoms. The van der Waals surface area contributed by atoms with Gasteiger partial charge in [0.25, 0.3) is 0 Å². The summed E-state index contributed by atoms with van der Waals surface area (Å²) in [5, 5.41) is 9.24. The molecule has 0 aromatic carbocycles. The van der Waals surface area contributed by atoms with Gasteiger partial charge >= 0.3 is 12.0 Å². The zero-order valence-corrected chi connectivity index (χ0v) is 12.4. The van der Waals surface area contributed by atoms with Crippen LogP contribution in [0.15, 0.2) is 0 Å². The Bertz CT molecular complexity index is 373. The zero-order chi connectivity index (χ0) is 14.0. The van der Waals surface area contributed by atoms with Crippen LogP contribution in [-0.2, 0) is 4.79 Å². The van der Waals surface area contributed by atoms with E-state index in [0.717, 1.165) is 25.1 Å². The summed E-state index contributed by atoms with van der Waals surface area (Å²) in [5.74, 6) is 0.0447. The molecular weight excluding hydrogens is 264 g/mol. The van der Waals surface area contributed by atoms with Crippen LogP contribution in [0.3, 0.4) is 0 Å². The van der Waals surface area contributed by atoms with Crippen LogP contribution >= 0.6 is 11.8 Å². The number of aliphatic carboxylic acids is 1. The number of nitrogens with zero attached hydrogens (tertiary/aromatic N) is 2. The first-order valence-electron chi connectivity index (χ1n) is 6.83. The first-order chi connectivity index (χ1) is 8.91. The summed E-state index contributed by atoms with van der Waals surface area (Å²) in [6.45, 7) is 6.24. The topological polar surface area (TPSA) is 60.9 Å². The fourth-order valence-corrected chi connectivity index (χ4v) is 3.89. The van der Waals surface area contributed by atoms with E-state index in [1.165, 1.54) is 0 Å². The maximum atomic E-state index is 12.5. The molecule has 5 nitrogen and oxygen atoms in total. The van der Waals surface area contributed by atoms with Crippen LogP contribution in [0.4, 0.5) is 4.79 Å². The van der Waals surface area contributed by atoms with Gasteiger partial charge in [0.05, 0.1) is 0 Å². The van der Waals surface area contributed by atoms with Crippen LogP contribution in [0, 0.1) is 0 Å². The fourth-order valence-electron chi connectivity index (χ4n) is 2.78. The van der Waals surface area contributed by atoms with Crippen LogP contribution in [0.5, 0.6) is 0 Å². The van der Waals surface area contributed by atoms with Crippen molar-refractivity contribution in [2.75, 3.05) is 25.4 Å². The number of carbonyl (C=O) groups excluding carboxylic acids is 1. The number of amides is 2. The summed E-state index contributed by atoms with van der Waals surface area (Å²) in [6.07, 6.45) is 2.37. The number of carboxylic acid groups (broad SMARTS) is 1. The van der Waals surface area contributed by atoms with Crippen molar-refractivity contribution in [1.29, 1.82) is 0 Å². The van der Waals surface area contributed by atoms with E-state index in [9.17, 15) is 14.7 Å². The van der Waals surface area contributed by atoms with Crippen LogP contribution in [0.1, 0.15) is 33.1 Å². The maximum absolute atomic E-state index is 12.5. The van der Waals surface area contributed by atoms with Gasteiger partial charge in [-0.3, -0.25) is 0 Å². The molecule has 2 saturated heterocycles. The molecule has 2 aliphatic heterocycles. The van der Waals surface area contributed by atoms with Crippen molar-refractivity contribution in [2.45, 2.75) is 43.9 Å². The Morgan fingerprint density at radius 3 is 2.63 bits per heavy atom. The molecule has 2 heterocycles. The van der Waals surface area contributed by atoms with Gasteiger partial charge < -0.3 is 14.9 Å². The molecule has 2 fully saturated rings. The van der Waals surface area contributed by atoms with Gasteiger partial charge in [-0.15, -0.1) is 0 Å². The number of carbonyl (C=O) groups is 2. The highest BCUT2D eigenvalue weighted by Crippen LogP contribution is 2.30. The number of rotatable bonds is 1. The number of thioether (sulfide) groups is 1. The molecule has 108 valence electrons. The quantitative estimate of drug-likeness (QED) is 0.799. The Balaban J connectivity index is 2.06. The van der Waals surface area contributed by atoms with E-state index < -0.39 is 12.0 Å². The number of urea groups is 1. The van der Waals surface area contributed by atoms with E-state index in [4.69, 9.17) is 0 Å². The highest BCUT2D eigenvalue weighted by atomic mass is 32.2. The standard InChI is InChI=1S/C13H22N2O3S/c1-13(2)9-14(7-8-19-13)12(18)15-6-4-3-5-10(15)11(16)17/h10H,3-9H2,1-2H3,(H,16,17). The zero-order valence-electron chi connectivity index (χ0n) is 11.6. The first-order valence-corrected chi connectivity index (χ1v) is 7.81. The SMILES string of the molecule is CC1(C)CN(C(=O)N2CCCCC2C(=O)O)CCS1. The summed E-state index contributed by atoms with van der Waals surface area (Å²) in [4.78, 5) is 27.2. The van der Waals surface area contributed by atoms with Gasteiger partial charge in [0.1, 0.15) is 6.04 Å². The molecule has 0 bridgehead atoms. The van der Waals surface area contributed by atoms with E-state index >= 15 is 0 Å². The molecule has 19 heavy (non-hydrogen) atoms. The lowest BCUT2D eigenvalue weighted by Gasteiger charge is -2.42. The third kappa shape index (κ3) is 3.35. The largest absolute Gasteiger partial charge is 0.480 e. The Labute approximate surface area is 118 Å². The number of hydrogen-bond donors (Lipinski definition) is 1. The minimum Gasteiger partial charge on any atom is -0.480 e. The lowest BCUT2D eigenvalue weighted by atomic mass is 10.0. The molecule has 0 aliphatic carbocycles. The van der Waals surface area contributed by atoms with E-state index in [-0.39, 0.29) is 10.8 Å². The summed E-state index contributed by atoms with van der Waals surface area (Å²) in [7, 11) is 0. The van der Waals surface area contributed by atoms with E-state index in [0.29, 0.717) is 19.5 Å². The third-order valence-corrected chi connectivity index (χ3v) is 5.03. The molecule has 1 atom stereocenters. The van der Waals surface area contributed by atoms with Gasteiger partial charge in [-0.05, 0) is 33.1 Å². The number of hydrogen-bond acceptors (Lipinski definition) is 3. The Morgan fingerprint density at radius 1 is 1.26 bits per heavy atom. The second-order valence-electron chi connectivity index (χ2n) is 5.86. The monoisotopic (exact) mass is 286 g/mol. The predicted molar refractivity (Wildman–Crippen MR) is 75.5 cm³/mol. The van der Waals surface area contributed by atoms with Crippen molar-refractivity contribution in [3.63, 3.8) is 0 Å². The average Bonchev–Trinajstić information content (AvgIpc) is 2.36. The molecule has 2 rings (SSSR count). The summed E-state index contributed by atoms with van der Waals surface area (Å²) >= 11 is 1.87. The first kappa shape index (κ1) is 14.5. The smallest absolute Gasteiger partial charge is 0.326 e. The summed E-state index contributed by atoms with van der Waals surface area (Å²) in [6, 6.07) is -0.737. The molecule has 0 radical (unpaired) electrons. The normalized spacial score (nSPS) is 27.2. The van der Waals surface area contributed by atoms with Crippen LogP contribution < -0.4 is 0 Å². The van der Waals surface area contributed by atoms with Crippen molar-refractivity contribution in [3.8, 4) is 0 Å². The average molecular weight is 286 g/mol. The minimum atomic E-state index is -0.876. The molecule has 2 amide bonds. The van der Waals surface area contributed by atoms with E-state index in [2.05, 4.69) is 13.8 Å². The highest BCUT2D eigenvalue weighted by molar-refractivity contribution is 8.00. The van der Waals surface area contributed by atoms with Gasteiger partial charge in [-0.25, -0.2) is 9.59 Å². The summed E-state index contributed by atoms with van der Waals surface area (Å²) in [5.41, 5.74) is 0. The van der Waals surface area contributed by atoms with Crippen LogP contribution in [0.2, 0.25) is 0 Å². The van der Waals surface area contributed by atoms with Gasteiger partial charge in [0, 0.05) is 30.1 Å². The van der Waals surface area contributed by atoms with Crippen molar-refractivity contribution in [3.05, 3.63) is 0 Å². The number of piperidine rings is 1. The summed E-state index contributed by atoms with van der Waals surface area (Å²) < 4.78 is 0.0580. The van der Waals surface area contributed by atoms with Crippen molar-refractivity contribution >= 4 is 23.8 Å². The molecule has 1 unspecified atom stereocenters. The van der Waals surface area contributed by atoms with Gasteiger partial charge in [0.2, 0.25) is 0 Å². The van der Waals surface area contributed by atoms with Crippen molar-refractivity contribution in [2.24, 2.45) is 0 Å². The van der Waals surface area contributed by atoms with Crippen molar-refractivity contribution < 1.29 is 14.7 Å². The lowest BCUT2D eigenvalue weighted by Crippen LogP contribution is -2.56. The third-order valence-electron chi connectivity index (χ3n) is 3.73. The Kier molecular flexibility index (Phi) is 4.28. The van der Waals surface area contributed by atoms with Gasteiger partial charge in [-0.2, -0.15) is 11.8 Å². The van der Waals surface area contributed by atoms with Crippen LogP contribution in [0.25, 0.3) is 0 Å². The number of carboxylic acids is 1. The predicted octanol–water partition coefficient (Wildman–Crippen LogP) is 1.87. The molecule has 0 aromatic rings. The fraction of sp³-hybridized carbons (Fsp3) is 0.846. The van der Waals surface area contributed by atoms with Crippen molar-refractivity contribution in [1.82, 2.24) is 9.80 Å². The van der Waals surface area contributed by atoms with Gasteiger partial charge in [-0.1, -0.05) is 0 Å². The highest BCUT2D eigenvalue weighted by Gasteiger charge is 2.37. The molecule has 0 saturated carbocycles. The van der Waals surface area contributed by atoms with E-state index in [1.807, 2.05) is 16.7 Å². The maximum Gasteiger partial charge on any atom is 0.326 e. The number of likely N-dealkylation sites (tertiary alicyclic amines) is 1. The lowest BCUT2D eigenvalue weighted by molar-refractivity contribution is -0.143. The second-order valence-corrected chi connectivity index (χ2v) is 7.66. The minimum absolute atomic E-state index is 0.0580. The molecule has 2 aliphatic rings. The molecule has 1 N–H and O–H groups in total.